The van der Waals surface area contributed by atoms with Crippen molar-refractivity contribution in [3.8, 4) is 5.75 Å². The van der Waals surface area contributed by atoms with Gasteiger partial charge in [-0.2, -0.15) is 4.99 Å². The van der Waals surface area contributed by atoms with E-state index in [1.807, 2.05) is 20.1 Å². The third kappa shape index (κ3) is 3.04. The zero-order valence-corrected chi connectivity index (χ0v) is 13.1. The number of aryl methyl sites for hydroxylation is 2. The lowest BCUT2D eigenvalue weighted by atomic mass is 10.2. The Bertz CT molecular complexity index is 587. The monoisotopic (exact) mass is 309 g/mol. The summed E-state index contributed by atoms with van der Waals surface area (Å²) in [7, 11) is 0. The molecule has 5 nitrogen and oxygen atoms in total. The standard InChI is InChI=1S/C13H15N3O2S2/c1-4-7-11(17)8(5-2)15-10(14-7)6-9-12(18)16-13(19-3)20-9/h6,17H,4-5H2,1-3H3. The maximum absolute atomic E-state index is 11.7. The van der Waals surface area contributed by atoms with Crippen molar-refractivity contribution >= 4 is 39.9 Å². The Morgan fingerprint density at radius 1 is 1.25 bits per heavy atom. The molecule has 0 unspecified atom stereocenters. The van der Waals surface area contributed by atoms with Crippen molar-refractivity contribution in [1.82, 2.24) is 9.97 Å². The number of carbonyl (C=O) groups is 1. The minimum absolute atomic E-state index is 0.156. The number of aliphatic imine (C=N–C) groups is 1. The molecule has 1 aliphatic heterocycles. The molecule has 0 saturated carbocycles. The topological polar surface area (TPSA) is 75.4 Å². The van der Waals surface area contributed by atoms with E-state index < -0.39 is 0 Å². The third-order valence-corrected chi connectivity index (χ3v) is 4.72. The van der Waals surface area contributed by atoms with Crippen LogP contribution in [-0.2, 0) is 17.6 Å². The van der Waals surface area contributed by atoms with Gasteiger partial charge in [0.2, 0.25) is 0 Å². The van der Waals surface area contributed by atoms with Gasteiger partial charge in [0.1, 0.15) is 4.38 Å². The fourth-order valence-corrected chi connectivity index (χ4v) is 3.12. The van der Waals surface area contributed by atoms with Crippen molar-refractivity contribution in [2.75, 3.05) is 6.26 Å². The van der Waals surface area contributed by atoms with E-state index in [2.05, 4.69) is 15.0 Å². The molecule has 1 aromatic rings. The van der Waals surface area contributed by atoms with Crippen molar-refractivity contribution < 1.29 is 9.90 Å². The molecular weight excluding hydrogens is 294 g/mol. The Labute approximate surface area is 126 Å². The van der Waals surface area contributed by atoms with E-state index in [9.17, 15) is 9.90 Å². The average molecular weight is 309 g/mol. The summed E-state index contributed by atoms with van der Waals surface area (Å²) < 4.78 is 0.728. The number of thioether (sulfide) groups is 2. The summed E-state index contributed by atoms with van der Waals surface area (Å²) in [6.07, 6.45) is 4.75. The normalized spacial score (nSPS) is 16.9. The second-order valence-electron chi connectivity index (χ2n) is 4.03. The largest absolute Gasteiger partial charge is 0.504 e. The molecule has 0 fully saturated rings. The summed E-state index contributed by atoms with van der Waals surface area (Å²) in [5.74, 6) is 0.348. The maximum Gasteiger partial charge on any atom is 0.285 e. The van der Waals surface area contributed by atoms with Gasteiger partial charge >= 0.3 is 0 Å². The van der Waals surface area contributed by atoms with E-state index >= 15 is 0 Å². The Balaban J connectivity index is 2.37. The summed E-state index contributed by atoms with van der Waals surface area (Å²) in [5, 5.41) is 9.96. The summed E-state index contributed by atoms with van der Waals surface area (Å²) in [5.41, 5.74) is 1.20. The van der Waals surface area contributed by atoms with Crippen molar-refractivity contribution in [3.05, 3.63) is 22.1 Å². The van der Waals surface area contributed by atoms with Crippen LogP contribution in [0.25, 0.3) is 6.08 Å². The number of nitrogens with zero attached hydrogens (tertiary/aromatic N) is 3. The molecule has 7 heteroatoms. The van der Waals surface area contributed by atoms with Crippen LogP contribution in [0.15, 0.2) is 9.90 Å². The van der Waals surface area contributed by atoms with E-state index in [-0.39, 0.29) is 11.7 Å². The maximum atomic E-state index is 11.7. The highest BCUT2D eigenvalue weighted by molar-refractivity contribution is 8.40. The van der Waals surface area contributed by atoms with Gasteiger partial charge in [-0.25, -0.2) is 9.97 Å². The van der Waals surface area contributed by atoms with Crippen molar-refractivity contribution in [2.24, 2.45) is 4.99 Å². The Kier molecular flexibility index (Phi) is 4.82. The molecule has 1 amide bonds. The first-order chi connectivity index (χ1) is 9.58. The van der Waals surface area contributed by atoms with E-state index in [1.54, 1.807) is 6.08 Å². The first-order valence-electron chi connectivity index (χ1n) is 6.24. The number of rotatable bonds is 3. The molecule has 2 heterocycles. The van der Waals surface area contributed by atoms with Crippen LogP contribution in [0.5, 0.6) is 5.75 Å². The zero-order chi connectivity index (χ0) is 14.7. The molecule has 0 atom stereocenters. The summed E-state index contributed by atoms with van der Waals surface area (Å²) in [6, 6.07) is 0. The first kappa shape index (κ1) is 15.1. The van der Waals surface area contributed by atoms with Gasteiger partial charge in [0.05, 0.1) is 16.3 Å². The van der Waals surface area contributed by atoms with Crippen LogP contribution in [0.3, 0.4) is 0 Å². The van der Waals surface area contributed by atoms with E-state index in [4.69, 9.17) is 0 Å². The summed E-state index contributed by atoms with van der Waals surface area (Å²) in [6.45, 7) is 3.84. The predicted molar refractivity (Wildman–Crippen MR) is 84.0 cm³/mol. The molecule has 0 aliphatic carbocycles. The minimum atomic E-state index is -0.257. The summed E-state index contributed by atoms with van der Waals surface area (Å²) in [4.78, 5) is 24.7. The van der Waals surface area contributed by atoms with Gasteiger partial charge in [0.15, 0.2) is 11.6 Å². The highest BCUT2D eigenvalue weighted by Gasteiger charge is 2.22. The average Bonchev–Trinajstić information content (AvgIpc) is 2.81. The van der Waals surface area contributed by atoms with Gasteiger partial charge in [0.25, 0.3) is 5.91 Å². The predicted octanol–water partition coefficient (Wildman–Crippen LogP) is 2.64. The van der Waals surface area contributed by atoms with Gasteiger partial charge < -0.3 is 5.11 Å². The van der Waals surface area contributed by atoms with Gasteiger partial charge in [-0.15, -0.1) is 11.8 Å². The lowest BCUT2D eigenvalue weighted by molar-refractivity contribution is -0.113. The second-order valence-corrected chi connectivity index (χ2v) is 6.11. The van der Waals surface area contributed by atoms with E-state index in [0.717, 1.165) is 4.38 Å². The van der Waals surface area contributed by atoms with Gasteiger partial charge in [-0.3, -0.25) is 4.79 Å². The van der Waals surface area contributed by atoms with Crippen LogP contribution in [0.2, 0.25) is 0 Å². The summed E-state index contributed by atoms with van der Waals surface area (Å²) >= 11 is 2.77. The lowest BCUT2D eigenvalue weighted by Gasteiger charge is -2.07. The third-order valence-electron chi connectivity index (χ3n) is 2.75. The smallest absolute Gasteiger partial charge is 0.285 e. The van der Waals surface area contributed by atoms with Crippen molar-refractivity contribution in [3.63, 3.8) is 0 Å². The van der Waals surface area contributed by atoms with E-state index in [0.29, 0.717) is 35.0 Å². The van der Waals surface area contributed by atoms with Crippen LogP contribution >= 0.6 is 23.5 Å². The fourth-order valence-electron chi connectivity index (χ4n) is 1.73. The zero-order valence-electron chi connectivity index (χ0n) is 11.5. The molecule has 0 bridgehead atoms. The Morgan fingerprint density at radius 3 is 2.30 bits per heavy atom. The molecule has 1 aliphatic rings. The molecule has 2 rings (SSSR count). The molecule has 0 aromatic carbocycles. The number of carbonyl (C=O) groups excluding carboxylic acids is 1. The number of hydrogen-bond donors (Lipinski definition) is 1. The number of aromatic nitrogens is 2. The number of aromatic hydroxyl groups is 1. The van der Waals surface area contributed by atoms with Crippen LogP contribution in [0.4, 0.5) is 0 Å². The first-order valence-corrected chi connectivity index (χ1v) is 8.28. The number of hydrogen-bond acceptors (Lipinski definition) is 6. The van der Waals surface area contributed by atoms with Gasteiger partial charge in [-0.05, 0) is 19.1 Å². The number of amides is 1. The highest BCUT2D eigenvalue weighted by atomic mass is 32.2. The molecule has 0 spiro atoms. The molecule has 0 saturated heterocycles. The lowest BCUT2D eigenvalue weighted by Crippen LogP contribution is -2.01. The van der Waals surface area contributed by atoms with Crippen LogP contribution in [0, 0.1) is 0 Å². The molecule has 20 heavy (non-hydrogen) atoms. The van der Waals surface area contributed by atoms with Gasteiger partial charge in [0, 0.05) is 6.08 Å². The molecule has 106 valence electrons. The fraction of sp³-hybridized carbons (Fsp3) is 0.385. The van der Waals surface area contributed by atoms with Gasteiger partial charge in [-0.1, -0.05) is 25.6 Å². The van der Waals surface area contributed by atoms with E-state index in [1.165, 1.54) is 23.5 Å². The van der Waals surface area contributed by atoms with Crippen molar-refractivity contribution in [1.29, 1.82) is 0 Å². The minimum Gasteiger partial charge on any atom is -0.504 e. The molecular formula is C13H15N3O2S2. The Hall–Kier alpha value is -1.34. The highest BCUT2D eigenvalue weighted by Crippen LogP contribution is 2.32. The SMILES string of the molecule is CCc1nc(C=C2SC(SC)=NC2=O)nc(CC)c1O. The quantitative estimate of drug-likeness (QED) is 0.865. The van der Waals surface area contributed by atoms with Crippen LogP contribution < -0.4 is 0 Å². The second kappa shape index (κ2) is 6.41. The molecule has 1 aromatic heterocycles. The Morgan fingerprint density at radius 2 is 1.85 bits per heavy atom. The van der Waals surface area contributed by atoms with Crippen molar-refractivity contribution in [2.45, 2.75) is 26.7 Å². The van der Waals surface area contributed by atoms with Crippen LogP contribution in [-0.4, -0.2) is 31.6 Å². The van der Waals surface area contributed by atoms with Crippen LogP contribution in [0.1, 0.15) is 31.1 Å². The molecule has 0 radical (unpaired) electrons. The molecule has 1 N–H and O–H groups in total.